The summed E-state index contributed by atoms with van der Waals surface area (Å²) in [5.74, 6) is 3.40. The van der Waals surface area contributed by atoms with E-state index in [9.17, 15) is 5.11 Å². The van der Waals surface area contributed by atoms with Crippen LogP contribution in [0.25, 0.3) is 0 Å². The Morgan fingerprint density at radius 3 is 2.52 bits per heavy atom. The maximum absolute atomic E-state index is 9.88. The molecule has 0 atom stereocenters. The number of nitrogens with two attached hydrogens (primary N) is 1. The van der Waals surface area contributed by atoms with E-state index < -0.39 is 0 Å². The van der Waals surface area contributed by atoms with Crippen LogP contribution in [0.15, 0.2) is 12.4 Å². The van der Waals surface area contributed by atoms with E-state index in [0.29, 0.717) is 5.82 Å². The number of aliphatic hydroxyl groups excluding tert-OH is 1. The summed E-state index contributed by atoms with van der Waals surface area (Å²) in [5.41, 5.74) is 8.59. The van der Waals surface area contributed by atoms with E-state index in [-0.39, 0.29) is 11.5 Å². The lowest BCUT2D eigenvalue weighted by molar-refractivity contribution is 0.145. The van der Waals surface area contributed by atoms with Crippen LogP contribution in [0.3, 0.4) is 0 Å². The van der Waals surface area contributed by atoms with Gasteiger partial charge in [-0.15, -0.1) is 0 Å². The second kappa shape index (κ2) is 7.09. The van der Waals surface area contributed by atoms with Crippen molar-refractivity contribution in [1.82, 2.24) is 19.9 Å². The lowest BCUT2D eigenvalue weighted by Gasteiger charge is -2.40. The smallest absolute Gasteiger partial charge is 0.135 e. The van der Waals surface area contributed by atoms with E-state index >= 15 is 0 Å². The zero-order chi connectivity index (χ0) is 20.0. The Morgan fingerprint density at radius 1 is 1.03 bits per heavy atom. The number of rotatable bonds is 2. The van der Waals surface area contributed by atoms with Crippen molar-refractivity contribution < 1.29 is 5.11 Å². The number of aliphatic hydroxyl groups is 1. The van der Waals surface area contributed by atoms with Gasteiger partial charge in [-0.05, 0) is 45.4 Å². The molecule has 4 heterocycles. The Hall–Kier alpha value is -2.48. The normalized spacial score (nSPS) is 21.6. The first kappa shape index (κ1) is 18.5. The fourth-order valence-electron chi connectivity index (χ4n) is 5.26. The molecule has 2 fully saturated rings. The molecule has 2 saturated heterocycles. The number of nitrogen functional groups attached to an aromatic ring is 1. The molecule has 1 aliphatic carbocycles. The van der Waals surface area contributed by atoms with Crippen molar-refractivity contribution in [2.45, 2.75) is 57.0 Å². The minimum atomic E-state index is -0.172. The number of piperidine rings is 2. The summed E-state index contributed by atoms with van der Waals surface area (Å²) < 4.78 is 0. The van der Waals surface area contributed by atoms with Gasteiger partial charge < -0.3 is 20.6 Å². The molecule has 8 heteroatoms. The van der Waals surface area contributed by atoms with Crippen molar-refractivity contribution in [1.29, 1.82) is 0 Å². The SMILES string of the molecule is Cc1nc(N2CCC(O)CC2)c2c(n1)C1(CC2)CCN(c2cc(N)ncn2)CC1. The summed E-state index contributed by atoms with van der Waals surface area (Å²) >= 11 is 0. The Bertz CT molecular complexity index is 902. The molecule has 1 spiro atoms. The van der Waals surface area contributed by atoms with Gasteiger partial charge in [0.05, 0.1) is 11.8 Å². The third-order valence-electron chi connectivity index (χ3n) is 6.94. The molecule has 2 aromatic heterocycles. The quantitative estimate of drug-likeness (QED) is 0.790. The van der Waals surface area contributed by atoms with Crippen molar-refractivity contribution in [3.05, 3.63) is 29.5 Å². The summed E-state index contributed by atoms with van der Waals surface area (Å²) in [6.07, 6.45) is 7.33. The van der Waals surface area contributed by atoms with Gasteiger partial charge in [0.2, 0.25) is 0 Å². The Labute approximate surface area is 171 Å². The molecule has 5 rings (SSSR count). The summed E-state index contributed by atoms with van der Waals surface area (Å²) in [6, 6.07) is 1.86. The largest absolute Gasteiger partial charge is 0.393 e. The number of aryl methyl sites for hydroxylation is 1. The molecule has 0 saturated carbocycles. The minimum Gasteiger partial charge on any atom is -0.393 e. The van der Waals surface area contributed by atoms with Crippen LogP contribution >= 0.6 is 0 Å². The molecule has 3 aliphatic rings. The van der Waals surface area contributed by atoms with Crippen LogP contribution in [0.1, 0.15) is 49.2 Å². The van der Waals surface area contributed by atoms with Crippen molar-refractivity contribution in [3.8, 4) is 0 Å². The number of hydrogen-bond donors (Lipinski definition) is 2. The zero-order valence-electron chi connectivity index (χ0n) is 17.0. The van der Waals surface area contributed by atoms with Gasteiger partial charge >= 0.3 is 0 Å². The van der Waals surface area contributed by atoms with E-state index in [1.807, 2.05) is 13.0 Å². The maximum atomic E-state index is 9.88. The van der Waals surface area contributed by atoms with Gasteiger partial charge in [0.15, 0.2) is 0 Å². The van der Waals surface area contributed by atoms with E-state index in [2.05, 4.69) is 19.8 Å². The van der Waals surface area contributed by atoms with E-state index in [4.69, 9.17) is 15.7 Å². The molecular weight excluding hydrogens is 366 g/mol. The lowest BCUT2D eigenvalue weighted by Crippen LogP contribution is -2.42. The van der Waals surface area contributed by atoms with Gasteiger partial charge in [-0.2, -0.15) is 0 Å². The standard InChI is InChI=1S/C21H29N7O/c1-14-25-19-16(20(26-14)28-8-3-15(29)4-9-28)2-5-21(19)6-10-27(11-7-21)18-12-17(22)23-13-24-18/h12-13,15,29H,2-11H2,1H3,(H2,22,23,24). The predicted octanol–water partition coefficient (Wildman–Crippen LogP) is 1.60. The first-order valence-corrected chi connectivity index (χ1v) is 10.7. The van der Waals surface area contributed by atoms with Gasteiger partial charge in [0.25, 0.3) is 0 Å². The molecule has 0 unspecified atom stereocenters. The molecule has 2 aliphatic heterocycles. The average Bonchev–Trinajstić information content (AvgIpc) is 3.06. The highest BCUT2D eigenvalue weighted by molar-refractivity contribution is 5.55. The number of aromatic nitrogens is 4. The molecular formula is C21H29N7O. The first-order chi connectivity index (χ1) is 14.0. The highest BCUT2D eigenvalue weighted by atomic mass is 16.3. The number of nitrogens with zero attached hydrogens (tertiary/aromatic N) is 6. The highest BCUT2D eigenvalue weighted by Gasteiger charge is 2.44. The second-order valence-corrected chi connectivity index (χ2v) is 8.71. The molecule has 8 nitrogen and oxygen atoms in total. The maximum Gasteiger partial charge on any atom is 0.135 e. The molecule has 3 N–H and O–H groups in total. The molecule has 0 amide bonds. The van der Waals surface area contributed by atoms with E-state index in [1.165, 1.54) is 11.3 Å². The topological polar surface area (TPSA) is 104 Å². The van der Waals surface area contributed by atoms with Gasteiger partial charge in [-0.25, -0.2) is 19.9 Å². The van der Waals surface area contributed by atoms with Gasteiger partial charge in [0.1, 0.15) is 29.6 Å². The summed E-state index contributed by atoms with van der Waals surface area (Å²) in [4.78, 5) is 22.9. The van der Waals surface area contributed by atoms with E-state index in [1.54, 1.807) is 6.33 Å². The Kier molecular flexibility index (Phi) is 4.53. The summed E-state index contributed by atoms with van der Waals surface area (Å²) in [5, 5.41) is 9.88. The second-order valence-electron chi connectivity index (χ2n) is 8.71. The van der Waals surface area contributed by atoms with E-state index in [0.717, 1.165) is 82.2 Å². The van der Waals surface area contributed by atoms with Crippen LogP contribution in [0.4, 0.5) is 17.5 Å². The predicted molar refractivity (Wildman–Crippen MR) is 112 cm³/mol. The Balaban J connectivity index is 1.40. The Morgan fingerprint density at radius 2 is 1.79 bits per heavy atom. The number of fused-ring (bicyclic) bond motifs is 2. The van der Waals surface area contributed by atoms with Crippen LogP contribution < -0.4 is 15.5 Å². The molecule has 29 heavy (non-hydrogen) atoms. The van der Waals surface area contributed by atoms with Crippen LogP contribution in [-0.2, 0) is 11.8 Å². The van der Waals surface area contributed by atoms with Crippen LogP contribution in [0, 0.1) is 6.92 Å². The number of hydrogen-bond acceptors (Lipinski definition) is 8. The number of anilines is 3. The summed E-state index contributed by atoms with van der Waals surface area (Å²) in [7, 11) is 0. The van der Waals surface area contributed by atoms with Crippen molar-refractivity contribution >= 4 is 17.5 Å². The van der Waals surface area contributed by atoms with Gasteiger partial charge in [-0.1, -0.05) is 0 Å². The average molecular weight is 396 g/mol. The molecule has 2 aromatic rings. The third-order valence-corrected chi connectivity index (χ3v) is 6.94. The first-order valence-electron chi connectivity index (χ1n) is 10.7. The minimum absolute atomic E-state index is 0.141. The zero-order valence-corrected chi connectivity index (χ0v) is 17.0. The molecule has 154 valence electrons. The highest BCUT2D eigenvalue weighted by Crippen LogP contribution is 2.48. The van der Waals surface area contributed by atoms with Crippen LogP contribution in [0.2, 0.25) is 0 Å². The molecule has 0 bridgehead atoms. The fourth-order valence-corrected chi connectivity index (χ4v) is 5.26. The summed E-state index contributed by atoms with van der Waals surface area (Å²) in [6.45, 7) is 5.65. The fraction of sp³-hybridized carbons (Fsp3) is 0.619. The van der Waals surface area contributed by atoms with Crippen LogP contribution in [-0.4, -0.2) is 57.3 Å². The van der Waals surface area contributed by atoms with Gasteiger partial charge in [-0.3, -0.25) is 0 Å². The van der Waals surface area contributed by atoms with Crippen molar-refractivity contribution in [2.24, 2.45) is 0 Å². The van der Waals surface area contributed by atoms with Crippen molar-refractivity contribution in [2.75, 3.05) is 41.7 Å². The van der Waals surface area contributed by atoms with Crippen molar-refractivity contribution in [3.63, 3.8) is 0 Å². The van der Waals surface area contributed by atoms with Crippen LogP contribution in [0.5, 0.6) is 0 Å². The molecule has 0 aromatic carbocycles. The third kappa shape index (κ3) is 3.29. The molecule has 0 radical (unpaired) electrons. The lowest BCUT2D eigenvalue weighted by atomic mass is 9.76. The monoisotopic (exact) mass is 395 g/mol. The van der Waals surface area contributed by atoms with Gasteiger partial charge in [0, 0.05) is 43.2 Å².